The average Bonchev–Trinajstić information content (AvgIpc) is 3.28. The Hall–Kier alpha value is -3.57. The molecule has 0 saturated carbocycles. The van der Waals surface area contributed by atoms with Crippen molar-refractivity contribution in [1.29, 1.82) is 0 Å². The second-order valence-electron chi connectivity index (χ2n) is 8.20. The van der Waals surface area contributed by atoms with E-state index >= 15 is 0 Å². The fourth-order valence-corrected chi connectivity index (χ4v) is 3.59. The van der Waals surface area contributed by atoms with Crippen LogP contribution in [0.25, 0.3) is 5.69 Å². The lowest BCUT2D eigenvalue weighted by molar-refractivity contribution is 0.0918. The number of hydrogen-bond donors (Lipinski definition) is 2. The molecule has 0 saturated heterocycles. The molecule has 0 atom stereocenters. The Morgan fingerprint density at radius 2 is 1.64 bits per heavy atom. The fourth-order valence-electron chi connectivity index (χ4n) is 2.64. The number of rotatable bonds is 8. The molecule has 1 heterocycles. The number of nitrogens with one attached hydrogen (secondary N) is 2. The summed E-state index contributed by atoms with van der Waals surface area (Å²) < 4.78 is 28.5. The monoisotopic (exact) mass is 470 g/mol. The van der Waals surface area contributed by atoms with Crippen LogP contribution in [0.15, 0.2) is 65.8 Å². The van der Waals surface area contributed by atoms with Crippen LogP contribution in [0, 0.1) is 0 Å². The van der Waals surface area contributed by atoms with Crippen molar-refractivity contribution in [3.63, 3.8) is 0 Å². The molecule has 0 radical (unpaired) electrons. The molecule has 0 fully saturated rings. The van der Waals surface area contributed by atoms with Gasteiger partial charge < -0.3 is 10.2 Å². The van der Waals surface area contributed by atoms with E-state index in [9.17, 15) is 18.0 Å². The van der Waals surface area contributed by atoms with Gasteiger partial charge in [-0.05, 0) is 64.3 Å². The SMILES string of the molecule is CN(C)C(C)(C)CNC(=O)c1ccc(S(=O)(=O)NC(=O)c2ncn(-c3ccccc3)n2)cc1. The molecule has 0 bridgehead atoms. The van der Waals surface area contributed by atoms with Crippen LogP contribution in [0.2, 0.25) is 0 Å². The van der Waals surface area contributed by atoms with E-state index in [4.69, 9.17) is 0 Å². The first kappa shape index (κ1) is 24.1. The predicted molar refractivity (Wildman–Crippen MR) is 123 cm³/mol. The van der Waals surface area contributed by atoms with Gasteiger partial charge in [0.15, 0.2) is 0 Å². The normalized spacial score (nSPS) is 11.9. The van der Waals surface area contributed by atoms with E-state index in [1.165, 1.54) is 35.3 Å². The molecule has 33 heavy (non-hydrogen) atoms. The lowest BCUT2D eigenvalue weighted by Crippen LogP contribution is -2.48. The zero-order valence-corrected chi connectivity index (χ0v) is 19.6. The number of hydrogen-bond acceptors (Lipinski definition) is 7. The van der Waals surface area contributed by atoms with Crippen LogP contribution in [0.3, 0.4) is 0 Å². The van der Waals surface area contributed by atoms with Crippen molar-refractivity contribution in [3.8, 4) is 5.69 Å². The lowest BCUT2D eigenvalue weighted by Gasteiger charge is -2.32. The van der Waals surface area contributed by atoms with Gasteiger partial charge in [0.2, 0.25) is 5.82 Å². The van der Waals surface area contributed by atoms with E-state index in [0.717, 1.165) is 0 Å². The first-order valence-corrected chi connectivity index (χ1v) is 11.6. The van der Waals surface area contributed by atoms with Gasteiger partial charge in [-0.15, -0.1) is 5.10 Å². The molecule has 0 aliphatic heterocycles. The van der Waals surface area contributed by atoms with E-state index in [0.29, 0.717) is 17.8 Å². The minimum Gasteiger partial charge on any atom is -0.350 e. The van der Waals surface area contributed by atoms with Gasteiger partial charge in [0, 0.05) is 17.6 Å². The molecular weight excluding hydrogens is 444 g/mol. The Balaban J connectivity index is 1.66. The van der Waals surface area contributed by atoms with Gasteiger partial charge >= 0.3 is 5.91 Å². The number of carbonyl (C=O) groups is 2. The number of carbonyl (C=O) groups excluding carboxylic acids is 2. The van der Waals surface area contributed by atoms with Gasteiger partial charge in [0.25, 0.3) is 15.9 Å². The molecule has 2 aromatic carbocycles. The number of benzene rings is 2. The number of aromatic nitrogens is 3. The predicted octanol–water partition coefficient (Wildman–Crippen LogP) is 1.46. The van der Waals surface area contributed by atoms with Crippen molar-refractivity contribution in [1.82, 2.24) is 29.7 Å². The topological polar surface area (TPSA) is 126 Å². The summed E-state index contributed by atoms with van der Waals surface area (Å²) in [7, 11) is -0.343. The summed E-state index contributed by atoms with van der Waals surface area (Å²) in [4.78, 5) is 30.5. The van der Waals surface area contributed by atoms with Crippen molar-refractivity contribution in [2.75, 3.05) is 20.6 Å². The first-order chi connectivity index (χ1) is 15.5. The van der Waals surface area contributed by atoms with Gasteiger partial charge in [0.05, 0.1) is 10.6 Å². The van der Waals surface area contributed by atoms with Crippen molar-refractivity contribution < 1.29 is 18.0 Å². The average molecular weight is 471 g/mol. The highest BCUT2D eigenvalue weighted by atomic mass is 32.2. The molecule has 0 aliphatic rings. The van der Waals surface area contributed by atoms with Gasteiger partial charge in [-0.1, -0.05) is 18.2 Å². The molecule has 3 rings (SSSR count). The van der Waals surface area contributed by atoms with Crippen molar-refractivity contribution >= 4 is 21.8 Å². The molecule has 0 spiro atoms. The minimum atomic E-state index is -4.18. The van der Waals surface area contributed by atoms with Crippen molar-refractivity contribution in [2.24, 2.45) is 0 Å². The Labute approximate surface area is 192 Å². The molecular formula is C22H26N6O4S. The van der Waals surface area contributed by atoms with Crippen molar-refractivity contribution in [3.05, 3.63) is 72.3 Å². The maximum absolute atomic E-state index is 12.6. The van der Waals surface area contributed by atoms with Crippen LogP contribution >= 0.6 is 0 Å². The molecule has 3 aromatic rings. The maximum atomic E-state index is 12.6. The molecule has 0 unspecified atom stereocenters. The molecule has 174 valence electrons. The van der Waals surface area contributed by atoms with E-state index in [-0.39, 0.29) is 22.2 Å². The second-order valence-corrected chi connectivity index (χ2v) is 9.88. The Morgan fingerprint density at radius 3 is 2.24 bits per heavy atom. The van der Waals surface area contributed by atoms with Gasteiger partial charge in [-0.25, -0.2) is 22.8 Å². The van der Waals surface area contributed by atoms with Gasteiger partial charge in [0.1, 0.15) is 6.33 Å². The lowest BCUT2D eigenvalue weighted by atomic mass is 10.0. The van der Waals surface area contributed by atoms with Crippen LogP contribution in [0.4, 0.5) is 0 Å². The van der Waals surface area contributed by atoms with E-state index in [1.807, 2.05) is 43.6 Å². The third-order valence-corrected chi connectivity index (χ3v) is 6.61. The third-order valence-electron chi connectivity index (χ3n) is 5.26. The number of likely N-dealkylation sites (N-methyl/N-ethyl adjacent to an activating group) is 1. The molecule has 2 amide bonds. The van der Waals surface area contributed by atoms with Crippen LogP contribution in [-0.4, -0.2) is 66.1 Å². The van der Waals surface area contributed by atoms with Crippen LogP contribution in [0.1, 0.15) is 34.8 Å². The molecule has 2 N–H and O–H groups in total. The quantitative estimate of drug-likeness (QED) is 0.510. The third kappa shape index (κ3) is 5.82. The van der Waals surface area contributed by atoms with E-state index < -0.39 is 15.9 Å². The van der Waals surface area contributed by atoms with Gasteiger partial charge in [-0.3, -0.25) is 9.59 Å². The smallest absolute Gasteiger partial charge is 0.304 e. The summed E-state index contributed by atoms with van der Waals surface area (Å²) in [6.45, 7) is 4.39. The van der Waals surface area contributed by atoms with Crippen LogP contribution in [-0.2, 0) is 10.0 Å². The summed E-state index contributed by atoms with van der Waals surface area (Å²) in [6.07, 6.45) is 1.32. The largest absolute Gasteiger partial charge is 0.350 e. The summed E-state index contributed by atoms with van der Waals surface area (Å²) in [6, 6.07) is 14.3. The standard InChI is InChI=1S/C22H26N6O4S/c1-22(2,27(3)4)14-23-20(29)16-10-12-18(13-11-16)33(31,32)26-21(30)19-24-15-28(25-19)17-8-6-5-7-9-17/h5-13,15H,14H2,1-4H3,(H,23,29)(H,26,30). The Kier molecular flexibility index (Phi) is 6.94. The van der Waals surface area contributed by atoms with E-state index in [1.54, 1.807) is 24.3 Å². The fraction of sp³-hybridized carbons (Fsp3) is 0.273. The number of amides is 2. The molecule has 0 aliphatic carbocycles. The van der Waals surface area contributed by atoms with Crippen molar-refractivity contribution in [2.45, 2.75) is 24.3 Å². The molecule has 1 aromatic heterocycles. The number of sulfonamides is 1. The maximum Gasteiger partial charge on any atom is 0.304 e. The zero-order valence-electron chi connectivity index (χ0n) is 18.8. The summed E-state index contributed by atoms with van der Waals surface area (Å²) in [5.41, 5.74) is 0.734. The highest BCUT2D eigenvalue weighted by Gasteiger charge is 2.23. The molecule has 11 heteroatoms. The molecule has 10 nitrogen and oxygen atoms in total. The summed E-state index contributed by atoms with van der Waals surface area (Å²) >= 11 is 0. The Bertz CT molecular complexity index is 1240. The van der Waals surface area contributed by atoms with Crippen LogP contribution < -0.4 is 10.0 Å². The van der Waals surface area contributed by atoms with Gasteiger partial charge in [-0.2, -0.15) is 0 Å². The van der Waals surface area contributed by atoms with E-state index in [2.05, 4.69) is 15.4 Å². The number of nitrogens with zero attached hydrogens (tertiary/aromatic N) is 4. The summed E-state index contributed by atoms with van der Waals surface area (Å²) in [5.74, 6) is -1.58. The highest BCUT2D eigenvalue weighted by Crippen LogP contribution is 2.13. The highest BCUT2D eigenvalue weighted by molar-refractivity contribution is 7.90. The Morgan fingerprint density at radius 1 is 1.00 bits per heavy atom. The number of para-hydroxylation sites is 1. The first-order valence-electron chi connectivity index (χ1n) is 10.1. The zero-order chi connectivity index (χ0) is 24.2. The van der Waals surface area contributed by atoms with Crippen LogP contribution in [0.5, 0.6) is 0 Å². The summed E-state index contributed by atoms with van der Waals surface area (Å²) in [5, 5.41) is 6.85. The minimum absolute atomic E-state index is 0.163. The second kappa shape index (κ2) is 9.51.